The van der Waals surface area contributed by atoms with Gasteiger partial charge in [0.05, 0.1) is 0 Å². The first kappa shape index (κ1) is 7.86. The molecule has 0 atom stereocenters. The van der Waals surface area contributed by atoms with Crippen molar-refractivity contribution >= 4 is 0 Å². The summed E-state index contributed by atoms with van der Waals surface area (Å²) in [5.74, 6) is 0.326. The number of rotatable bonds is 3. The van der Waals surface area contributed by atoms with Crippen LogP contribution < -0.4 is 0 Å². The van der Waals surface area contributed by atoms with E-state index in [0.717, 1.165) is 12.8 Å². The van der Waals surface area contributed by atoms with Crippen LogP contribution in [0.5, 0.6) is 5.75 Å². The molecule has 1 aromatic carbocycles. The highest BCUT2D eigenvalue weighted by atomic mass is 16.3. The fourth-order valence-electron chi connectivity index (χ4n) is 0.931. The van der Waals surface area contributed by atoms with E-state index in [9.17, 15) is 0 Å². The highest BCUT2D eigenvalue weighted by molar-refractivity contribution is 5.25. The van der Waals surface area contributed by atoms with Crippen molar-refractivity contribution < 1.29 is 5.11 Å². The summed E-state index contributed by atoms with van der Waals surface area (Å²) in [5, 5.41) is 8.96. The molecule has 1 heteroatoms. The van der Waals surface area contributed by atoms with Gasteiger partial charge in [0.15, 0.2) is 0 Å². The molecule has 1 rings (SSSR count). The molecular weight excluding hydrogens is 136 g/mol. The minimum absolute atomic E-state index is 0.326. The third kappa shape index (κ3) is 2.46. The third-order valence-corrected chi connectivity index (χ3v) is 1.57. The van der Waals surface area contributed by atoms with Crippen LogP contribution in [-0.2, 0) is 6.42 Å². The molecule has 0 heterocycles. The van der Waals surface area contributed by atoms with E-state index in [4.69, 9.17) is 5.11 Å². The second kappa shape index (κ2) is 3.81. The number of benzene rings is 1. The van der Waals surface area contributed by atoms with E-state index >= 15 is 0 Å². The fourth-order valence-corrected chi connectivity index (χ4v) is 0.931. The van der Waals surface area contributed by atoms with E-state index in [1.807, 2.05) is 18.2 Å². The number of aromatic hydroxyl groups is 1. The van der Waals surface area contributed by atoms with E-state index in [2.05, 4.69) is 6.58 Å². The standard InChI is InChI=1S/C10H12O/c1-2-3-4-9-5-7-10(11)8-6-9/h2,5-8,11H,1,3-4H2. The maximum atomic E-state index is 8.96. The van der Waals surface area contributed by atoms with Gasteiger partial charge < -0.3 is 5.11 Å². The molecule has 0 fully saturated rings. The number of phenols is 1. The SMILES string of the molecule is C=CCCc1ccc(O)cc1. The lowest BCUT2D eigenvalue weighted by Gasteiger charge is -1.97. The summed E-state index contributed by atoms with van der Waals surface area (Å²) in [6, 6.07) is 7.27. The Morgan fingerprint density at radius 3 is 2.45 bits per heavy atom. The molecule has 0 aromatic heterocycles. The molecule has 0 amide bonds. The Hall–Kier alpha value is -1.24. The molecule has 0 radical (unpaired) electrons. The van der Waals surface area contributed by atoms with Gasteiger partial charge in [0.25, 0.3) is 0 Å². The summed E-state index contributed by atoms with van der Waals surface area (Å²) < 4.78 is 0. The average molecular weight is 148 g/mol. The first-order valence-electron chi connectivity index (χ1n) is 3.72. The maximum absolute atomic E-state index is 8.96. The Morgan fingerprint density at radius 1 is 1.27 bits per heavy atom. The van der Waals surface area contributed by atoms with Crippen molar-refractivity contribution in [2.45, 2.75) is 12.8 Å². The lowest BCUT2D eigenvalue weighted by molar-refractivity contribution is 0.475. The van der Waals surface area contributed by atoms with Crippen LogP contribution >= 0.6 is 0 Å². The zero-order valence-electron chi connectivity index (χ0n) is 6.46. The quantitative estimate of drug-likeness (QED) is 0.653. The molecule has 0 aliphatic carbocycles. The van der Waals surface area contributed by atoms with Gasteiger partial charge in [0.2, 0.25) is 0 Å². The second-order valence-corrected chi connectivity index (χ2v) is 2.49. The summed E-state index contributed by atoms with van der Waals surface area (Å²) in [7, 11) is 0. The Labute approximate surface area is 67.0 Å². The van der Waals surface area contributed by atoms with E-state index in [0.29, 0.717) is 5.75 Å². The van der Waals surface area contributed by atoms with Crippen LogP contribution in [-0.4, -0.2) is 5.11 Å². The van der Waals surface area contributed by atoms with Crippen LogP contribution in [0, 0.1) is 0 Å². The summed E-state index contributed by atoms with van der Waals surface area (Å²) in [5.41, 5.74) is 1.24. The summed E-state index contributed by atoms with van der Waals surface area (Å²) in [6.45, 7) is 3.64. The number of phenolic OH excluding ortho intramolecular Hbond substituents is 1. The van der Waals surface area contributed by atoms with Crippen LogP contribution in [0.15, 0.2) is 36.9 Å². The molecule has 0 bridgehead atoms. The highest BCUT2D eigenvalue weighted by Crippen LogP contribution is 2.10. The molecule has 1 aromatic rings. The van der Waals surface area contributed by atoms with Gasteiger partial charge in [-0.25, -0.2) is 0 Å². The van der Waals surface area contributed by atoms with Gasteiger partial charge in [-0.2, -0.15) is 0 Å². The van der Waals surface area contributed by atoms with Crippen LogP contribution in [0.25, 0.3) is 0 Å². The van der Waals surface area contributed by atoms with Crippen molar-refractivity contribution in [3.05, 3.63) is 42.5 Å². The zero-order chi connectivity index (χ0) is 8.10. The number of aryl methyl sites for hydroxylation is 1. The van der Waals surface area contributed by atoms with Crippen molar-refractivity contribution in [1.82, 2.24) is 0 Å². The minimum atomic E-state index is 0.326. The second-order valence-electron chi connectivity index (χ2n) is 2.49. The molecule has 0 saturated heterocycles. The average Bonchev–Trinajstić information content (AvgIpc) is 2.04. The van der Waals surface area contributed by atoms with E-state index in [1.165, 1.54) is 5.56 Å². The van der Waals surface area contributed by atoms with Gasteiger partial charge in [0, 0.05) is 0 Å². The van der Waals surface area contributed by atoms with Gasteiger partial charge in [-0.3, -0.25) is 0 Å². The Balaban J connectivity index is 2.58. The summed E-state index contributed by atoms with van der Waals surface area (Å²) >= 11 is 0. The maximum Gasteiger partial charge on any atom is 0.115 e. The third-order valence-electron chi connectivity index (χ3n) is 1.57. The number of hydrogen-bond acceptors (Lipinski definition) is 1. The smallest absolute Gasteiger partial charge is 0.115 e. The van der Waals surface area contributed by atoms with Crippen molar-refractivity contribution in [1.29, 1.82) is 0 Å². The number of allylic oxidation sites excluding steroid dienone is 1. The lowest BCUT2D eigenvalue weighted by Crippen LogP contribution is -1.80. The molecule has 0 saturated carbocycles. The molecule has 0 aliphatic rings. The van der Waals surface area contributed by atoms with Gasteiger partial charge >= 0.3 is 0 Å². The van der Waals surface area contributed by atoms with Crippen molar-refractivity contribution in [3.8, 4) is 5.75 Å². The monoisotopic (exact) mass is 148 g/mol. The van der Waals surface area contributed by atoms with E-state index in [-0.39, 0.29) is 0 Å². The van der Waals surface area contributed by atoms with Crippen LogP contribution in [0.3, 0.4) is 0 Å². The van der Waals surface area contributed by atoms with Crippen LogP contribution in [0.2, 0.25) is 0 Å². The Bertz CT molecular complexity index is 223. The Morgan fingerprint density at radius 2 is 1.91 bits per heavy atom. The van der Waals surface area contributed by atoms with Gasteiger partial charge in [-0.15, -0.1) is 6.58 Å². The molecule has 1 N–H and O–H groups in total. The van der Waals surface area contributed by atoms with Gasteiger partial charge in [-0.05, 0) is 30.5 Å². The Kier molecular flexibility index (Phi) is 2.73. The summed E-state index contributed by atoms with van der Waals surface area (Å²) in [6.07, 6.45) is 3.89. The lowest BCUT2D eigenvalue weighted by atomic mass is 10.1. The fraction of sp³-hybridized carbons (Fsp3) is 0.200. The van der Waals surface area contributed by atoms with Gasteiger partial charge in [0.1, 0.15) is 5.75 Å². The zero-order valence-corrected chi connectivity index (χ0v) is 6.46. The van der Waals surface area contributed by atoms with Crippen molar-refractivity contribution in [2.75, 3.05) is 0 Å². The van der Waals surface area contributed by atoms with Gasteiger partial charge in [-0.1, -0.05) is 18.2 Å². The highest BCUT2D eigenvalue weighted by Gasteiger charge is 1.90. The normalized spacial score (nSPS) is 9.45. The first-order valence-corrected chi connectivity index (χ1v) is 3.72. The first-order chi connectivity index (χ1) is 5.33. The minimum Gasteiger partial charge on any atom is -0.508 e. The molecule has 0 aliphatic heterocycles. The number of hydrogen-bond donors (Lipinski definition) is 1. The van der Waals surface area contributed by atoms with Crippen LogP contribution in [0.4, 0.5) is 0 Å². The predicted molar refractivity (Wildman–Crippen MR) is 46.6 cm³/mol. The van der Waals surface area contributed by atoms with E-state index < -0.39 is 0 Å². The topological polar surface area (TPSA) is 20.2 Å². The molecule has 58 valence electrons. The largest absolute Gasteiger partial charge is 0.508 e. The van der Waals surface area contributed by atoms with Crippen LogP contribution in [0.1, 0.15) is 12.0 Å². The predicted octanol–water partition coefficient (Wildman–Crippen LogP) is 2.51. The molecule has 1 nitrogen and oxygen atoms in total. The molecular formula is C10H12O. The molecule has 0 spiro atoms. The molecule has 0 unspecified atom stereocenters. The van der Waals surface area contributed by atoms with Crippen molar-refractivity contribution in [2.24, 2.45) is 0 Å². The summed E-state index contributed by atoms with van der Waals surface area (Å²) in [4.78, 5) is 0. The van der Waals surface area contributed by atoms with Crippen molar-refractivity contribution in [3.63, 3.8) is 0 Å². The molecule has 11 heavy (non-hydrogen) atoms. The van der Waals surface area contributed by atoms with E-state index in [1.54, 1.807) is 12.1 Å².